The van der Waals surface area contributed by atoms with Crippen LogP contribution < -0.4 is 0 Å². The molecule has 1 amide bonds. The van der Waals surface area contributed by atoms with Gasteiger partial charge in [-0.1, -0.05) is 60.7 Å². The van der Waals surface area contributed by atoms with Gasteiger partial charge in [0.1, 0.15) is 12.1 Å². The number of hydrogen-bond donors (Lipinski definition) is 0. The second-order valence-corrected chi connectivity index (χ2v) is 5.82. The van der Waals surface area contributed by atoms with Gasteiger partial charge in [-0.15, -0.1) is 0 Å². The average molecular weight is 317 g/mol. The Morgan fingerprint density at radius 3 is 2.14 bits per heavy atom. The predicted molar refractivity (Wildman–Crippen MR) is 81.8 cm³/mol. The summed E-state index contributed by atoms with van der Waals surface area (Å²) in [7, 11) is 1.26. The number of carbonyl (C=O) groups excluding carboxylic acids is 1. The first-order valence-corrected chi connectivity index (χ1v) is 7.81. The van der Waals surface area contributed by atoms with Gasteiger partial charge in [-0.05, 0) is 11.1 Å². The third-order valence-corrected chi connectivity index (χ3v) is 4.58. The fourth-order valence-electron chi connectivity index (χ4n) is 2.51. The molecular formula is C16H15NO4S. The number of ether oxygens (including phenoxy) is 1. The lowest BCUT2D eigenvalue weighted by Gasteiger charge is -2.23. The van der Waals surface area contributed by atoms with Crippen LogP contribution in [0.15, 0.2) is 60.7 Å². The topological polar surface area (TPSA) is 55.8 Å². The van der Waals surface area contributed by atoms with E-state index in [4.69, 9.17) is 8.92 Å². The molecule has 1 aliphatic rings. The summed E-state index contributed by atoms with van der Waals surface area (Å²) in [4.78, 5) is 12.0. The third-order valence-electron chi connectivity index (χ3n) is 3.51. The second kappa shape index (κ2) is 6.29. The summed E-state index contributed by atoms with van der Waals surface area (Å²) < 4.78 is 23.7. The maximum absolute atomic E-state index is 12.3. The van der Waals surface area contributed by atoms with E-state index in [0.717, 1.165) is 15.4 Å². The Balaban J connectivity index is 2.06. The van der Waals surface area contributed by atoms with E-state index >= 15 is 0 Å². The van der Waals surface area contributed by atoms with Crippen LogP contribution in [0.2, 0.25) is 0 Å². The maximum Gasteiger partial charge on any atom is 0.423 e. The molecule has 0 N–H and O–H groups in total. The molecule has 0 saturated carbocycles. The largest absolute Gasteiger partial charge is 0.452 e. The van der Waals surface area contributed by atoms with Crippen LogP contribution in [-0.4, -0.2) is 21.7 Å². The van der Waals surface area contributed by atoms with Crippen molar-refractivity contribution in [1.82, 2.24) is 4.31 Å². The van der Waals surface area contributed by atoms with Crippen molar-refractivity contribution in [1.29, 1.82) is 0 Å². The Kier molecular flexibility index (Phi) is 4.22. The van der Waals surface area contributed by atoms with Gasteiger partial charge in [0.05, 0.1) is 7.11 Å². The van der Waals surface area contributed by atoms with E-state index in [0.29, 0.717) is 0 Å². The first-order valence-electron chi connectivity index (χ1n) is 6.78. The molecule has 0 aromatic heterocycles. The van der Waals surface area contributed by atoms with Crippen LogP contribution in [0, 0.1) is 0 Å². The van der Waals surface area contributed by atoms with Crippen LogP contribution in [0.5, 0.6) is 0 Å². The van der Waals surface area contributed by atoms with Gasteiger partial charge in [-0.3, -0.25) is 4.18 Å². The Morgan fingerprint density at radius 2 is 1.59 bits per heavy atom. The normalized spacial score (nSPS) is 24.2. The first kappa shape index (κ1) is 14.7. The number of carbonyl (C=O) groups is 1. The molecule has 0 radical (unpaired) electrons. The second-order valence-electron chi connectivity index (χ2n) is 4.80. The van der Waals surface area contributed by atoms with Crippen molar-refractivity contribution < 1.29 is 17.9 Å². The van der Waals surface area contributed by atoms with Gasteiger partial charge in [-0.25, -0.2) is 9.00 Å². The molecule has 2 aromatic rings. The highest BCUT2D eigenvalue weighted by molar-refractivity contribution is 7.78. The highest BCUT2D eigenvalue weighted by Crippen LogP contribution is 2.44. The molecule has 0 spiro atoms. The predicted octanol–water partition coefficient (Wildman–Crippen LogP) is 3.15. The molecule has 0 unspecified atom stereocenters. The summed E-state index contributed by atoms with van der Waals surface area (Å²) in [6.45, 7) is 0. The van der Waals surface area contributed by atoms with Crippen LogP contribution in [-0.2, 0) is 20.2 Å². The molecule has 1 heterocycles. The number of amides is 1. The highest BCUT2D eigenvalue weighted by atomic mass is 32.2. The number of hydrogen-bond acceptors (Lipinski definition) is 4. The van der Waals surface area contributed by atoms with Crippen molar-refractivity contribution in [3.63, 3.8) is 0 Å². The molecule has 114 valence electrons. The van der Waals surface area contributed by atoms with Crippen molar-refractivity contribution in [3.05, 3.63) is 71.8 Å². The van der Waals surface area contributed by atoms with Gasteiger partial charge >= 0.3 is 6.09 Å². The van der Waals surface area contributed by atoms with E-state index in [1.165, 1.54) is 7.11 Å². The van der Waals surface area contributed by atoms with E-state index in [-0.39, 0.29) is 0 Å². The SMILES string of the molecule is COC(=O)N1[C@@H](c2ccccc2)[C@@H](c2ccccc2)O[S@@]1=O. The van der Waals surface area contributed by atoms with E-state index in [1.807, 2.05) is 60.7 Å². The molecular weight excluding hydrogens is 302 g/mol. The lowest BCUT2D eigenvalue weighted by molar-refractivity contribution is 0.132. The molecule has 22 heavy (non-hydrogen) atoms. The van der Waals surface area contributed by atoms with E-state index in [9.17, 15) is 9.00 Å². The van der Waals surface area contributed by atoms with Gasteiger partial charge in [-0.2, -0.15) is 4.31 Å². The zero-order chi connectivity index (χ0) is 15.5. The average Bonchev–Trinajstić information content (AvgIpc) is 2.93. The van der Waals surface area contributed by atoms with Gasteiger partial charge in [0, 0.05) is 0 Å². The molecule has 3 atom stereocenters. The van der Waals surface area contributed by atoms with Crippen LogP contribution >= 0.6 is 0 Å². The van der Waals surface area contributed by atoms with Gasteiger partial charge < -0.3 is 4.74 Å². The molecule has 5 nitrogen and oxygen atoms in total. The smallest absolute Gasteiger partial charge is 0.423 e. The summed E-state index contributed by atoms with van der Waals surface area (Å²) in [5, 5.41) is 0. The minimum Gasteiger partial charge on any atom is -0.452 e. The lowest BCUT2D eigenvalue weighted by atomic mass is 9.96. The zero-order valence-electron chi connectivity index (χ0n) is 11.9. The zero-order valence-corrected chi connectivity index (χ0v) is 12.7. The van der Waals surface area contributed by atoms with Crippen LogP contribution in [0.3, 0.4) is 0 Å². The van der Waals surface area contributed by atoms with Crippen LogP contribution in [0.25, 0.3) is 0 Å². The lowest BCUT2D eigenvalue weighted by Crippen LogP contribution is -2.32. The molecule has 1 saturated heterocycles. The molecule has 1 aliphatic heterocycles. The van der Waals surface area contributed by atoms with Gasteiger partial charge in [0.2, 0.25) is 0 Å². The maximum atomic E-state index is 12.3. The van der Waals surface area contributed by atoms with E-state index in [1.54, 1.807) is 0 Å². The standard InChI is InChI=1S/C16H15NO4S/c1-20-16(18)17-14(12-8-4-2-5-9-12)15(21-22(17)19)13-10-6-3-7-11-13/h2-11,14-15H,1H3/t14-,15+,22-/m0/s1. The Bertz CT molecular complexity index is 677. The van der Waals surface area contributed by atoms with Crippen LogP contribution in [0.1, 0.15) is 23.3 Å². The number of rotatable bonds is 2. The van der Waals surface area contributed by atoms with Crippen LogP contribution in [0.4, 0.5) is 4.79 Å². The molecule has 6 heteroatoms. The minimum absolute atomic E-state index is 0.503. The fourth-order valence-corrected chi connectivity index (χ4v) is 3.61. The van der Waals surface area contributed by atoms with Crippen molar-refractivity contribution >= 4 is 17.4 Å². The Hall–Kier alpha value is -2.18. The van der Waals surface area contributed by atoms with E-state index in [2.05, 4.69) is 0 Å². The van der Waals surface area contributed by atoms with Crippen molar-refractivity contribution in [2.24, 2.45) is 0 Å². The monoisotopic (exact) mass is 317 g/mol. The van der Waals surface area contributed by atoms with Crippen molar-refractivity contribution in [2.75, 3.05) is 7.11 Å². The summed E-state index contributed by atoms with van der Waals surface area (Å²) in [6, 6.07) is 18.3. The third kappa shape index (κ3) is 2.63. The summed E-state index contributed by atoms with van der Waals surface area (Å²) in [5.41, 5.74) is 1.70. The quantitative estimate of drug-likeness (QED) is 0.854. The number of nitrogens with zero attached hydrogens (tertiary/aromatic N) is 1. The van der Waals surface area contributed by atoms with Gasteiger partial charge in [0.15, 0.2) is 0 Å². The molecule has 2 aromatic carbocycles. The number of benzene rings is 2. The first-order chi connectivity index (χ1) is 10.7. The Morgan fingerprint density at radius 1 is 1.05 bits per heavy atom. The van der Waals surface area contributed by atoms with Crippen molar-refractivity contribution in [3.8, 4) is 0 Å². The minimum atomic E-state index is -1.89. The van der Waals surface area contributed by atoms with E-state index < -0.39 is 29.5 Å². The molecule has 3 rings (SSSR count). The summed E-state index contributed by atoms with van der Waals surface area (Å²) in [6.07, 6.45) is -1.19. The van der Waals surface area contributed by atoms with Gasteiger partial charge in [0.25, 0.3) is 11.3 Å². The van der Waals surface area contributed by atoms with Crippen molar-refractivity contribution in [2.45, 2.75) is 12.1 Å². The summed E-state index contributed by atoms with van der Waals surface area (Å²) >= 11 is -1.89. The fraction of sp³-hybridized carbons (Fsp3) is 0.188. The summed E-state index contributed by atoms with van der Waals surface area (Å²) in [5.74, 6) is 0. The highest BCUT2D eigenvalue weighted by Gasteiger charge is 2.46. The Labute approximate surface area is 131 Å². The molecule has 0 aliphatic carbocycles. The number of methoxy groups -OCH3 is 1. The molecule has 1 fully saturated rings. The molecule has 0 bridgehead atoms.